The van der Waals surface area contributed by atoms with Gasteiger partial charge in [-0.05, 0) is 28.5 Å². The van der Waals surface area contributed by atoms with Crippen molar-refractivity contribution in [1.29, 1.82) is 0 Å². The van der Waals surface area contributed by atoms with E-state index < -0.39 is 0 Å². The largest absolute Gasteiger partial charge is 0.423 e. The summed E-state index contributed by atoms with van der Waals surface area (Å²) in [5.74, 6) is 0.417. The Morgan fingerprint density at radius 2 is 1.64 bits per heavy atom. The molecule has 22 heavy (non-hydrogen) atoms. The summed E-state index contributed by atoms with van der Waals surface area (Å²) in [6.07, 6.45) is 2.51. The lowest BCUT2D eigenvalue weighted by Gasteiger charge is -2.20. The lowest BCUT2D eigenvalue weighted by Crippen LogP contribution is -2.19. The van der Waals surface area contributed by atoms with Crippen molar-refractivity contribution in [2.24, 2.45) is 0 Å². The minimum atomic E-state index is -0.258. The van der Waals surface area contributed by atoms with Gasteiger partial charge >= 0.3 is 5.97 Å². The summed E-state index contributed by atoms with van der Waals surface area (Å²) in [5.41, 5.74) is 2.79. The minimum absolute atomic E-state index is 0.258. The molecule has 1 aliphatic heterocycles. The zero-order valence-corrected chi connectivity index (χ0v) is 12.0. The molecule has 106 valence electrons. The van der Waals surface area contributed by atoms with Crippen LogP contribution in [0.1, 0.15) is 11.1 Å². The Kier molecular flexibility index (Phi) is 3.01. The molecular formula is C20H14O2. The number of hydrogen-bond acceptors (Lipinski definition) is 2. The molecule has 0 radical (unpaired) electrons. The fraction of sp³-hybridized carbons (Fsp3) is 0.0500. The van der Waals surface area contributed by atoms with E-state index in [9.17, 15) is 4.79 Å². The molecule has 2 heteroatoms. The first-order chi connectivity index (χ1) is 10.8. The van der Waals surface area contributed by atoms with Crippen molar-refractivity contribution in [1.82, 2.24) is 0 Å². The van der Waals surface area contributed by atoms with Crippen LogP contribution in [0.5, 0.6) is 5.75 Å². The molecular weight excluding hydrogens is 272 g/mol. The molecule has 0 saturated carbocycles. The van der Waals surface area contributed by atoms with Gasteiger partial charge < -0.3 is 4.74 Å². The second-order valence-corrected chi connectivity index (χ2v) is 5.41. The molecule has 0 N–H and O–H groups in total. The molecule has 0 amide bonds. The first-order valence-electron chi connectivity index (χ1n) is 7.30. The molecule has 4 rings (SSSR count). The number of rotatable bonds is 1. The second-order valence-electron chi connectivity index (χ2n) is 5.41. The fourth-order valence-electron chi connectivity index (χ4n) is 2.88. The number of hydrogen-bond donors (Lipinski definition) is 0. The molecule has 1 heterocycles. The van der Waals surface area contributed by atoms with Gasteiger partial charge in [-0.15, -0.1) is 0 Å². The SMILES string of the molecule is O=C1Oc2ccc3ccccc3c2C/C1=C\c1ccccc1. The van der Waals surface area contributed by atoms with Gasteiger partial charge in [-0.2, -0.15) is 0 Å². The van der Waals surface area contributed by atoms with E-state index in [2.05, 4.69) is 12.1 Å². The van der Waals surface area contributed by atoms with E-state index in [1.54, 1.807) is 0 Å². The van der Waals surface area contributed by atoms with Gasteiger partial charge in [-0.25, -0.2) is 4.79 Å². The summed E-state index contributed by atoms with van der Waals surface area (Å²) in [6, 6.07) is 21.9. The first kappa shape index (κ1) is 12.8. The molecule has 0 aliphatic carbocycles. The Hall–Kier alpha value is -2.87. The van der Waals surface area contributed by atoms with Crippen LogP contribution in [-0.4, -0.2) is 5.97 Å². The number of carbonyl (C=O) groups excluding carboxylic acids is 1. The lowest BCUT2D eigenvalue weighted by molar-refractivity contribution is -0.130. The van der Waals surface area contributed by atoms with Gasteiger partial charge in [-0.3, -0.25) is 0 Å². The van der Waals surface area contributed by atoms with Crippen LogP contribution in [0.4, 0.5) is 0 Å². The van der Waals surface area contributed by atoms with Crippen molar-refractivity contribution in [2.45, 2.75) is 6.42 Å². The van der Waals surface area contributed by atoms with Crippen LogP contribution in [0, 0.1) is 0 Å². The normalized spacial score (nSPS) is 15.6. The van der Waals surface area contributed by atoms with E-state index >= 15 is 0 Å². The maximum absolute atomic E-state index is 12.2. The number of benzene rings is 3. The Morgan fingerprint density at radius 3 is 2.50 bits per heavy atom. The molecule has 3 aromatic carbocycles. The average molecular weight is 286 g/mol. The maximum atomic E-state index is 12.2. The van der Waals surface area contributed by atoms with E-state index in [0.717, 1.165) is 16.5 Å². The van der Waals surface area contributed by atoms with Gasteiger partial charge in [0.1, 0.15) is 5.75 Å². The molecule has 0 spiro atoms. The minimum Gasteiger partial charge on any atom is -0.423 e. The standard InChI is InChI=1S/C20H14O2/c21-20-16(12-14-6-2-1-3-7-14)13-18-17-9-5-4-8-15(17)10-11-19(18)22-20/h1-12H,13H2/b16-12+. The van der Waals surface area contributed by atoms with Crippen molar-refractivity contribution in [3.05, 3.63) is 83.4 Å². The Morgan fingerprint density at radius 1 is 0.864 bits per heavy atom. The maximum Gasteiger partial charge on any atom is 0.339 e. The number of ether oxygens (including phenoxy) is 1. The Labute approximate surface area is 128 Å². The highest BCUT2D eigenvalue weighted by atomic mass is 16.5. The first-order valence-corrected chi connectivity index (χ1v) is 7.30. The highest BCUT2D eigenvalue weighted by molar-refractivity contribution is 6.00. The van der Waals surface area contributed by atoms with E-state index in [4.69, 9.17) is 4.74 Å². The van der Waals surface area contributed by atoms with Gasteiger partial charge in [0.2, 0.25) is 0 Å². The average Bonchev–Trinajstić information content (AvgIpc) is 2.56. The van der Waals surface area contributed by atoms with Gasteiger partial charge in [0.05, 0.1) is 0 Å². The fourth-order valence-corrected chi connectivity index (χ4v) is 2.88. The van der Waals surface area contributed by atoms with E-state index in [1.165, 1.54) is 5.39 Å². The molecule has 0 fully saturated rings. The summed E-state index contributed by atoms with van der Waals surface area (Å²) in [6.45, 7) is 0. The summed E-state index contributed by atoms with van der Waals surface area (Å²) in [5, 5.41) is 2.31. The second kappa shape index (κ2) is 5.15. The van der Waals surface area contributed by atoms with Gasteiger partial charge in [0, 0.05) is 17.6 Å². The highest BCUT2D eigenvalue weighted by Crippen LogP contribution is 2.34. The third-order valence-corrected chi connectivity index (χ3v) is 3.97. The molecule has 0 unspecified atom stereocenters. The van der Waals surface area contributed by atoms with Crippen LogP contribution in [-0.2, 0) is 11.2 Å². The van der Waals surface area contributed by atoms with Crippen LogP contribution in [0.15, 0.2) is 72.3 Å². The molecule has 1 aliphatic rings. The number of carbonyl (C=O) groups is 1. The van der Waals surface area contributed by atoms with Crippen molar-refractivity contribution >= 4 is 22.8 Å². The van der Waals surface area contributed by atoms with Gasteiger partial charge in [-0.1, -0.05) is 60.7 Å². The van der Waals surface area contributed by atoms with E-state index in [1.807, 2.05) is 60.7 Å². The van der Waals surface area contributed by atoms with Gasteiger partial charge in [0.25, 0.3) is 0 Å². The summed E-state index contributed by atoms with van der Waals surface area (Å²) >= 11 is 0. The third kappa shape index (κ3) is 2.19. The van der Waals surface area contributed by atoms with Crippen molar-refractivity contribution < 1.29 is 9.53 Å². The van der Waals surface area contributed by atoms with Crippen LogP contribution >= 0.6 is 0 Å². The summed E-state index contributed by atoms with van der Waals surface area (Å²) < 4.78 is 5.52. The molecule has 3 aromatic rings. The van der Waals surface area contributed by atoms with E-state index in [-0.39, 0.29) is 5.97 Å². The molecule has 0 aromatic heterocycles. The van der Waals surface area contributed by atoms with Crippen molar-refractivity contribution in [3.63, 3.8) is 0 Å². The monoisotopic (exact) mass is 286 g/mol. The molecule has 2 nitrogen and oxygen atoms in total. The van der Waals surface area contributed by atoms with Crippen LogP contribution < -0.4 is 4.74 Å². The van der Waals surface area contributed by atoms with Crippen molar-refractivity contribution in [2.75, 3.05) is 0 Å². The number of esters is 1. The smallest absolute Gasteiger partial charge is 0.339 e. The van der Waals surface area contributed by atoms with E-state index in [0.29, 0.717) is 17.7 Å². The Balaban J connectivity index is 1.83. The zero-order valence-electron chi connectivity index (χ0n) is 12.0. The quantitative estimate of drug-likeness (QED) is 0.377. The highest BCUT2D eigenvalue weighted by Gasteiger charge is 2.23. The van der Waals surface area contributed by atoms with Crippen molar-refractivity contribution in [3.8, 4) is 5.75 Å². The zero-order chi connectivity index (χ0) is 14.9. The Bertz CT molecular complexity index is 892. The molecule has 0 bridgehead atoms. The van der Waals surface area contributed by atoms with Gasteiger partial charge in [0.15, 0.2) is 0 Å². The topological polar surface area (TPSA) is 26.3 Å². The lowest BCUT2D eigenvalue weighted by atomic mass is 9.94. The molecule has 0 atom stereocenters. The summed E-state index contributed by atoms with van der Waals surface area (Å²) in [7, 11) is 0. The molecule has 0 saturated heterocycles. The predicted octanol–water partition coefficient (Wildman–Crippen LogP) is 4.38. The van der Waals surface area contributed by atoms with Crippen LogP contribution in [0.25, 0.3) is 16.8 Å². The van der Waals surface area contributed by atoms with Crippen LogP contribution in [0.2, 0.25) is 0 Å². The predicted molar refractivity (Wildman–Crippen MR) is 87.7 cm³/mol. The summed E-state index contributed by atoms with van der Waals surface area (Å²) in [4.78, 5) is 12.2. The number of fused-ring (bicyclic) bond motifs is 3. The van der Waals surface area contributed by atoms with Crippen LogP contribution in [0.3, 0.4) is 0 Å². The third-order valence-electron chi connectivity index (χ3n) is 3.97.